The molecule has 0 fully saturated rings. The van der Waals surface area contributed by atoms with Crippen LogP contribution in [0.2, 0.25) is 0 Å². The van der Waals surface area contributed by atoms with Crippen LogP contribution in [0, 0.1) is 0 Å². The Morgan fingerprint density at radius 2 is 2.16 bits per heavy atom. The van der Waals surface area contributed by atoms with Crippen molar-refractivity contribution in [3.63, 3.8) is 0 Å². The van der Waals surface area contributed by atoms with Crippen LogP contribution in [-0.4, -0.2) is 37.8 Å². The van der Waals surface area contributed by atoms with E-state index in [1.54, 1.807) is 7.11 Å². The first-order chi connectivity index (χ1) is 9.29. The van der Waals surface area contributed by atoms with Crippen molar-refractivity contribution in [2.45, 2.75) is 19.5 Å². The van der Waals surface area contributed by atoms with Crippen molar-refractivity contribution in [1.29, 1.82) is 0 Å². The highest BCUT2D eigenvalue weighted by atomic mass is 16.5. The predicted octanol–water partition coefficient (Wildman–Crippen LogP) is 1.88. The van der Waals surface area contributed by atoms with Crippen LogP contribution < -0.4 is 10.6 Å². The van der Waals surface area contributed by atoms with Gasteiger partial charge in [-0.05, 0) is 24.4 Å². The molecule has 0 saturated carbocycles. The first kappa shape index (κ1) is 14.1. The molecule has 19 heavy (non-hydrogen) atoms. The molecule has 1 heterocycles. The van der Waals surface area contributed by atoms with Crippen molar-refractivity contribution in [1.82, 2.24) is 15.6 Å². The van der Waals surface area contributed by atoms with Gasteiger partial charge in [0.25, 0.3) is 0 Å². The minimum atomic E-state index is 0.434. The number of nitrogens with one attached hydrogen (secondary N) is 3. The van der Waals surface area contributed by atoms with Gasteiger partial charge in [0.2, 0.25) is 0 Å². The van der Waals surface area contributed by atoms with E-state index in [4.69, 9.17) is 4.74 Å². The topological polar surface area (TPSA) is 49.1 Å². The molecule has 2 aromatic rings. The first-order valence-electron chi connectivity index (χ1n) is 6.79. The van der Waals surface area contributed by atoms with Crippen LogP contribution in [0.15, 0.2) is 30.3 Å². The fourth-order valence-corrected chi connectivity index (χ4v) is 2.08. The van der Waals surface area contributed by atoms with Crippen LogP contribution in [0.1, 0.15) is 12.6 Å². The molecule has 0 aliphatic carbocycles. The third kappa shape index (κ3) is 4.35. The fourth-order valence-electron chi connectivity index (χ4n) is 2.08. The minimum Gasteiger partial charge on any atom is -0.383 e. The molecule has 0 radical (unpaired) electrons. The first-order valence-corrected chi connectivity index (χ1v) is 6.79. The van der Waals surface area contributed by atoms with Crippen LogP contribution in [0.25, 0.3) is 10.9 Å². The Bertz CT molecular complexity index is 462. The standard InChI is InChI=1S/C15H23N3O/c1-12(10-16-7-8-19-2)17-11-14-9-13-5-3-4-6-15(13)18-14/h3-6,9,12,16-18H,7-8,10-11H2,1-2H3. The van der Waals surface area contributed by atoms with Gasteiger partial charge < -0.3 is 20.4 Å². The molecule has 1 unspecified atom stereocenters. The molecule has 104 valence electrons. The summed E-state index contributed by atoms with van der Waals surface area (Å²) in [6.07, 6.45) is 0. The molecule has 1 aromatic carbocycles. The Hall–Kier alpha value is -1.36. The van der Waals surface area contributed by atoms with Gasteiger partial charge in [-0.25, -0.2) is 0 Å². The lowest BCUT2D eigenvalue weighted by Gasteiger charge is -2.13. The number of H-pyrrole nitrogens is 1. The zero-order chi connectivity index (χ0) is 13.5. The molecule has 0 aliphatic rings. The molecular weight excluding hydrogens is 238 g/mol. The molecular formula is C15H23N3O. The summed E-state index contributed by atoms with van der Waals surface area (Å²) in [5.74, 6) is 0. The van der Waals surface area contributed by atoms with E-state index in [2.05, 4.69) is 52.9 Å². The number of para-hydroxylation sites is 1. The average molecular weight is 261 g/mol. The van der Waals surface area contributed by atoms with Crippen molar-refractivity contribution in [2.75, 3.05) is 26.8 Å². The summed E-state index contributed by atoms with van der Waals surface area (Å²) >= 11 is 0. The lowest BCUT2D eigenvalue weighted by atomic mass is 10.2. The molecule has 3 N–H and O–H groups in total. The maximum absolute atomic E-state index is 5.00. The molecule has 4 heteroatoms. The zero-order valence-corrected chi connectivity index (χ0v) is 11.7. The van der Waals surface area contributed by atoms with E-state index in [1.165, 1.54) is 16.6 Å². The number of aromatic amines is 1. The molecule has 2 rings (SSSR count). The van der Waals surface area contributed by atoms with Gasteiger partial charge in [0.1, 0.15) is 0 Å². The molecule has 1 atom stereocenters. The van der Waals surface area contributed by atoms with Crippen molar-refractivity contribution >= 4 is 10.9 Å². The number of benzene rings is 1. The lowest BCUT2D eigenvalue weighted by molar-refractivity contribution is 0.198. The normalized spacial score (nSPS) is 12.9. The fraction of sp³-hybridized carbons (Fsp3) is 0.467. The molecule has 0 bridgehead atoms. The zero-order valence-electron chi connectivity index (χ0n) is 11.7. The van der Waals surface area contributed by atoms with E-state index < -0.39 is 0 Å². The van der Waals surface area contributed by atoms with Crippen LogP contribution in [-0.2, 0) is 11.3 Å². The Morgan fingerprint density at radius 1 is 1.32 bits per heavy atom. The summed E-state index contributed by atoms with van der Waals surface area (Å²) in [4.78, 5) is 3.42. The maximum atomic E-state index is 5.00. The average Bonchev–Trinajstić information content (AvgIpc) is 2.84. The Labute approximate surface area is 114 Å². The number of methoxy groups -OCH3 is 1. The summed E-state index contributed by atoms with van der Waals surface area (Å²) in [5.41, 5.74) is 2.43. The van der Waals surface area contributed by atoms with Gasteiger partial charge in [-0.1, -0.05) is 18.2 Å². The SMILES string of the molecule is COCCNCC(C)NCc1cc2ccccc2[nH]1. The van der Waals surface area contributed by atoms with E-state index in [1.807, 2.05) is 0 Å². The monoisotopic (exact) mass is 261 g/mol. The van der Waals surface area contributed by atoms with Crippen LogP contribution in [0.4, 0.5) is 0 Å². The molecule has 0 saturated heterocycles. The van der Waals surface area contributed by atoms with E-state index in [0.29, 0.717) is 6.04 Å². The highest BCUT2D eigenvalue weighted by molar-refractivity contribution is 5.80. The largest absolute Gasteiger partial charge is 0.383 e. The Kier molecular flexibility index (Phi) is 5.39. The molecule has 1 aromatic heterocycles. The lowest BCUT2D eigenvalue weighted by Crippen LogP contribution is -2.37. The predicted molar refractivity (Wildman–Crippen MR) is 79.3 cm³/mol. The molecule has 0 spiro atoms. The third-order valence-corrected chi connectivity index (χ3v) is 3.16. The van der Waals surface area contributed by atoms with Crippen LogP contribution >= 0.6 is 0 Å². The van der Waals surface area contributed by atoms with Gasteiger partial charge in [-0.2, -0.15) is 0 Å². The van der Waals surface area contributed by atoms with Crippen LogP contribution in [0.5, 0.6) is 0 Å². The van der Waals surface area contributed by atoms with E-state index >= 15 is 0 Å². The minimum absolute atomic E-state index is 0.434. The summed E-state index contributed by atoms with van der Waals surface area (Å²) in [5, 5.41) is 8.12. The van der Waals surface area contributed by atoms with Gasteiger partial charge in [0.15, 0.2) is 0 Å². The Morgan fingerprint density at radius 3 is 2.95 bits per heavy atom. The van der Waals surface area contributed by atoms with E-state index in [0.717, 1.165) is 26.2 Å². The smallest absolute Gasteiger partial charge is 0.0587 e. The number of rotatable bonds is 8. The highest BCUT2D eigenvalue weighted by Crippen LogP contribution is 2.14. The third-order valence-electron chi connectivity index (χ3n) is 3.16. The molecule has 4 nitrogen and oxygen atoms in total. The Balaban J connectivity index is 1.75. The summed E-state index contributed by atoms with van der Waals surface area (Å²) < 4.78 is 5.00. The second-order valence-corrected chi connectivity index (χ2v) is 4.86. The van der Waals surface area contributed by atoms with E-state index in [9.17, 15) is 0 Å². The summed E-state index contributed by atoms with van der Waals surface area (Å²) in [7, 11) is 1.72. The number of hydrogen-bond acceptors (Lipinski definition) is 3. The highest BCUT2D eigenvalue weighted by Gasteiger charge is 2.03. The van der Waals surface area contributed by atoms with Gasteiger partial charge >= 0.3 is 0 Å². The van der Waals surface area contributed by atoms with E-state index in [-0.39, 0.29) is 0 Å². The van der Waals surface area contributed by atoms with Gasteiger partial charge in [0, 0.05) is 44.0 Å². The number of fused-ring (bicyclic) bond motifs is 1. The van der Waals surface area contributed by atoms with Crippen LogP contribution in [0.3, 0.4) is 0 Å². The summed E-state index contributed by atoms with van der Waals surface area (Å²) in [6, 6.07) is 11.0. The van der Waals surface area contributed by atoms with Gasteiger partial charge in [-0.3, -0.25) is 0 Å². The maximum Gasteiger partial charge on any atom is 0.0587 e. The van der Waals surface area contributed by atoms with Gasteiger partial charge in [-0.15, -0.1) is 0 Å². The quantitative estimate of drug-likeness (QED) is 0.636. The second-order valence-electron chi connectivity index (χ2n) is 4.86. The van der Waals surface area contributed by atoms with Crippen molar-refractivity contribution in [3.8, 4) is 0 Å². The number of aromatic nitrogens is 1. The number of hydrogen-bond donors (Lipinski definition) is 3. The number of ether oxygens (including phenoxy) is 1. The second kappa shape index (κ2) is 7.28. The summed E-state index contributed by atoms with van der Waals surface area (Å²) in [6.45, 7) is 5.65. The molecule has 0 amide bonds. The van der Waals surface area contributed by atoms with Crippen molar-refractivity contribution < 1.29 is 4.74 Å². The van der Waals surface area contributed by atoms with Gasteiger partial charge in [0.05, 0.1) is 6.61 Å². The molecule has 0 aliphatic heterocycles. The van der Waals surface area contributed by atoms with Crippen molar-refractivity contribution in [2.24, 2.45) is 0 Å². The van der Waals surface area contributed by atoms with Crippen molar-refractivity contribution in [3.05, 3.63) is 36.0 Å².